The van der Waals surface area contributed by atoms with E-state index < -0.39 is 6.04 Å². The highest BCUT2D eigenvalue weighted by Crippen LogP contribution is 2.28. The fourth-order valence-electron chi connectivity index (χ4n) is 4.84. The zero-order chi connectivity index (χ0) is 22.7. The molecule has 7 heteroatoms. The second-order valence-electron chi connectivity index (χ2n) is 9.62. The molecule has 1 fully saturated rings. The van der Waals surface area contributed by atoms with Gasteiger partial charge in [-0.3, -0.25) is 9.59 Å². The summed E-state index contributed by atoms with van der Waals surface area (Å²) in [4.78, 5) is 28.2. The van der Waals surface area contributed by atoms with E-state index in [4.69, 9.17) is 0 Å². The number of aromatic nitrogens is 3. The first-order chi connectivity index (χ1) is 15.4. The van der Waals surface area contributed by atoms with Gasteiger partial charge in [0.25, 0.3) is 5.91 Å². The maximum Gasteiger partial charge on any atom is 0.251 e. The van der Waals surface area contributed by atoms with Crippen molar-refractivity contribution in [1.29, 1.82) is 0 Å². The molecule has 0 saturated carbocycles. The summed E-state index contributed by atoms with van der Waals surface area (Å²) in [6.45, 7) is 8.29. The van der Waals surface area contributed by atoms with E-state index in [1.807, 2.05) is 37.8 Å². The van der Waals surface area contributed by atoms with Crippen molar-refractivity contribution in [3.63, 3.8) is 0 Å². The molecule has 32 heavy (non-hydrogen) atoms. The number of fused-ring (bicyclic) bond motifs is 1. The van der Waals surface area contributed by atoms with Gasteiger partial charge in [-0.15, -0.1) is 10.2 Å². The molecule has 1 saturated heterocycles. The highest BCUT2D eigenvalue weighted by atomic mass is 16.2. The Hall–Kier alpha value is -2.70. The van der Waals surface area contributed by atoms with E-state index in [0.717, 1.165) is 56.0 Å². The lowest BCUT2D eigenvalue weighted by Crippen LogP contribution is -2.53. The van der Waals surface area contributed by atoms with Crippen molar-refractivity contribution in [3.05, 3.63) is 47.0 Å². The molecule has 0 spiro atoms. The van der Waals surface area contributed by atoms with Crippen LogP contribution < -0.4 is 5.32 Å². The van der Waals surface area contributed by atoms with Gasteiger partial charge >= 0.3 is 0 Å². The van der Waals surface area contributed by atoms with Gasteiger partial charge in [-0.2, -0.15) is 0 Å². The summed E-state index contributed by atoms with van der Waals surface area (Å²) in [5.74, 6) is 2.12. The van der Waals surface area contributed by atoms with E-state index in [0.29, 0.717) is 12.1 Å². The molecule has 2 aromatic rings. The van der Waals surface area contributed by atoms with Crippen molar-refractivity contribution in [3.8, 4) is 0 Å². The molecule has 1 N–H and O–H groups in total. The maximum atomic E-state index is 13.5. The third-order valence-electron chi connectivity index (χ3n) is 6.77. The molecule has 0 bridgehead atoms. The van der Waals surface area contributed by atoms with Crippen LogP contribution in [-0.4, -0.2) is 50.6 Å². The minimum Gasteiger partial charge on any atom is -0.340 e. The van der Waals surface area contributed by atoms with Crippen LogP contribution >= 0.6 is 0 Å². The summed E-state index contributed by atoms with van der Waals surface area (Å²) in [5.41, 5.74) is 1.68. The molecule has 3 heterocycles. The minimum absolute atomic E-state index is 0.000710. The van der Waals surface area contributed by atoms with Crippen molar-refractivity contribution in [2.75, 3.05) is 13.1 Å². The molecule has 2 aliphatic rings. The zero-order valence-electron chi connectivity index (χ0n) is 19.5. The van der Waals surface area contributed by atoms with Crippen LogP contribution in [0.25, 0.3) is 0 Å². The quantitative estimate of drug-likeness (QED) is 0.777. The van der Waals surface area contributed by atoms with Gasteiger partial charge in [-0.05, 0) is 50.7 Å². The first-order valence-electron chi connectivity index (χ1n) is 12.0. The Morgan fingerprint density at radius 1 is 1.03 bits per heavy atom. The molecule has 172 valence electrons. The predicted molar refractivity (Wildman–Crippen MR) is 123 cm³/mol. The minimum atomic E-state index is -0.543. The molecule has 2 atom stereocenters. The molecule has 0 aliphatic carbocycles. The van der Waals surface area contributed by atoms with E-state index in [1.54, 1.807) is 12.1 Å². The summed E-state index contributed by atoms with van der Waals surface area (Å²) in [5, 5.41) is 12.0. The second-order valence-corrected chi connectivity index (χ2v) is 9.62. The van der Waals surface area contributed by atoms with Crippen LogP contribution in [0.4, 0.5) is 0 Å². The highest BCUT2D eigenvalue weighted by Gasteiger charge is 2.34. The standard InChI is InChI=1S/C25H35N5O2/c1-17(2)22(26-24(31)19-12-10-18(3)11-13-19)25(32)29-14-7-8-20(16-29)23-28-27-21-9-5-4-6-15-30(21)23/h10-13,17,20,22H,4-9,14-16H2,1-3H3,(H,26,31). The fourth-order valence-corrected chi connectivity index (χ4v) is 4.84. The molecule has 0 radical (unpaired) electrons. The van der Waals surface area contributed by atoms with E-state index in [-0.39, 0.29) is 23.7 Å². The predicted octanol–water partition coefficient (Wildman–Crippen LogP) is 3.47. The summed E-state index contributed by atoms with van der Waals surface area (Å²) in [7, 11) is 0. The number of nitrogens with zero attached hydrogens (tertiary/aromatic N) is 4. The molecule has 2 unspecified atom stereocenters. The van der Waals surface area contributed by atoms with Crippen LogP contribution in [0.3, 0.4) is 0 Å². The molecule has 2 amide bonds. The van der Waals surface area contributed by atoms with Crippen LogP contribution in [0.15, 0.2) is 24.3 Å². The lowest BCUT2D eigenvalue weighted by Gasteiger charge is -2.36. The summed E-state index contributed by atoms with van der Waals surface area (Å²) < 4.78 is 2.30. The fraction of sp³-hybridized carbons (Fsp3) is 0.600. The normalized spacial score (nSPS) is 19.9. The Labute approximate surface area is 190 Å². The number of likely N-dealkylation sites (tertiary alicyclic amines) is 1. The zero-order valence-corrected chi connectivity index (χ0v) is 19.5. The summed E-state index contributed by atoms with van der Waals surface area (Å²) >= 11 is 0. The molecule has 1 aromatic heterocycles. The van der Waals surface area contributed by atoms with Gasteiger partial charge in [0, 0.05) is 37.5 Å². The Morgan fingerprint density at radius 2 is 1.81 bits per heavy atom. The van der Waals surface area contributed by atoms with E-state index in [2.05, 4.69) is 20.1 Å². The van der Waals surface area contributed by atoms with Gasteiger partial charge in [-0.25, -0.2) is 0 Å². The summed E-state index contributed by atoms with van der Waals surface area (Å²) in [6.07, 6.45) is 6.51. The Kier molecular flexibility index (Phi) is 6.92. The number of piperidine rings is 1. The number of carbonyl (C=O) groups is 2. The topological polar surface area (TPSA) is 80.1 Å². The van der Waals surface area contributed by atoms with Crippen molar-refractivity contribution < 1.29 is 9.59 Å². The van der Waals surface area contributed by atoms with Crippen molar-refractivity contribution in [1.82, 2.24) is 25.0 Å². The van der Waals surface area contributed by atoms with Gasteiger partial charge in [0.05, 0.1) is 0 Å². The third kappa shape index (κ3) is 4.87. The number of rotatable bonds is 5. The second kappa shape index (κ2) is 9.84. The van der Waals surface area contributed by atoms with Crippen LogP contribution in [-0.2, 0) is 17.8 Å². The van der Waals surface area contributed by atoms with Crippen LogP contribution in [0.5, 0.6) is 0 Å². The van der Waals surface area contributed by atoms with Crippen LogP contribution in [0, 0.1) is 12.8 Å². The number of amides is 2. The monoisotopic (exact) mass is 437 g/mol. The van der Waals surface area contributed by atoms with Crippen LogP contribution in [0.2, 0.25) is 0 Å². The molecule has 2 aliphatic heterocycles. The van der Waals surface area contributed by atoms with Gasteiger partial charge in [0.15, 0.2) is 0 Å². The van der Waals surface area contributed by atoms with Gasteiger partial charge in [0.1, 0.15) is 17.7 Å². The Balaban J connectivity index is 1.46. The summed E-state index contributed by atoms with van der Waals surface area (Å²) in [6, 6.07) is 6.90. The van der Waals surface area contributed by atoms with Gasteiger partial charge in [0.2, 0.25) is 5.91 Å². The molecular formula is C25H35N5O2. The van der Waals surface area contributed by atoms with E-state index in [9.17, 15) is 9.59 Å². The number of hydrogen-bond acceptors (Lipinski definition) is 4. The first-order valence-corrected chi connectivity index (χ1v) is 12.0. The van der Waals surface area contributed by atoms with Crippen molar-refractivity contribution in [2.24, 2.45) is 5.92 Å². The average molecular weight is 438 g/mol. The van der Waals surface area contributed by atoms with Crippen molar-refractivity contribution >= 4 is 11.8 Å². The average Bonchev–Trinajstić information content (AvgIpc) is 3.05. The smallest absolute Gasteiger partial charge is 0.251 e. The number of nitrogens with one attached hydrogen (secondary N) is 1. The Bertz CT molecular complexity index is 950. The molecule has 4 rings (SSSR count). The first kappa shape index (κ1) is 22.5. The van der Waals surface area contributed by atoms with Gasteiger partial charge in [-0.1, -0.05) is 38.0 Å². The molecular weight excluding hydrogens is 402 g/mol. The number of carbonyl (C=O) groups excluding carboxylic acids is 2. The highest BCUT2D eigenvalue weighted by molar-refractivity contribution is 5.97. The van der Waals surface area contributed by atoms with Crippen LogP contribution in [0.1, 0.15) is 79.4 Å². The largest absolute Gasteiger partial charge is 0.340 e. The lowest BCUT2D eigenvalue weighted by atomic mass is 9.94. The third-order valence-corrected chi connectivity index (χ3v) is 6.77. The number of hydrogen-bond donors (Lipinski definition) is 1. The Morgan fingerprint density at radius 3 is 2.56 bits per heavy atom. The van der Waals surface area contributed by atoms with Crippen molar-refractivity contribution in [2.45, 2.75) is 77.8 Å². The lowest BCUT2D eigenvalue weighted by molar-refractivity contribution is -0.135. The van der Waals surface area contributed by atoms with Gasteiger partial charge < -0.3 is 14.8 Å². The number of benzene rings is 1. The molecule has 7 nitrogen and oxygen atoms in total. The molecule has 1 aromatic carbocycles. The van der Waals surface area contributed by atoms with E-state index >= 15 is 0 Å². The SMILES string of the molecule is Cc1ccc(C(=O)NC(C(=O)N2CCCC(c3nnc4n3CCCCC4)C2)C(C)C)cc1. The van der Waals surface area contributed by atoms with E-state index in [1.165, 1.54) is 12.8 Å². The number of aryl methyl sites for hydroxylation is 2. The maximum absolute atomic E-state index is 13.5.